The third kappa shape index (κ3) is 3.01. The van der Waals surface area contributed by atoms with Crippen molar-refractivity contribution < 1.29 is 9.53 Å². The van der Waals surface area contributed by atoms with Gasteiger partial charge in [0.1, 0.15) is 12.4 Å². The maximum absolute atomic E-state index is 11.8. The molecule has 1 heterocycles. The Morgan fingerprint density at radius 2 is 2.33 bits per heavy atom. The van der Waals surface area contributed by atoms with Crippen molar-refractivity contribution in [1.29, 1.82) is 0 Å². The van der Waals surface area contributed by atoms with Crippen molar-refractivity contribution in [2.75, 3.05) is 13.2 Å². The lowest BCUT2D eigenvalue weighted by Crippen LogP contribution is -2.29. The monoisotopic (exact) mass is 248 g/mol. The molecule has 0 spiro atoms. The summed E-state index contributed by atoms with van der Waals surface area (Å²) in [6, 6.07) is 7.81. The summed E-state index contributed by atoms with van der Waals surface area (Å²) in [4.78, 5) is 11.8. The smallest absolute Gasteiger partial charge is 0.220 e. The lowest BCUT2D eigenvalue weighted by Gasteiger charge is -2.13. The zero-order valence-electron chi connectivity index (χ0n) is 10.7. The molecule has 1 aliphatic rings. The van der Waals surface area contributed by atoms with Crippen molar-refractivity contribution in [2.45, 2.75) is 25.8 Å². The van der Waals surface area contributed by atoms with Gasteiger partial charge in [-0.2, -0.15) is 0 Å². The number of rotatable bonds is 5. The molecule has 98 valence electrons. The number of hydrogen-bond acceptors (Lipinski definition) is 3. The summed E-state index contributed by atoms with van der Waals surface area (Å²) in [6.07, 6.45) is 1.36. The van der Waals surface area contributed by atoms with E-state index >= 15 is 0 Å². The lowest BCUT2D eigenvalue weighted by molar-refractivity contribution is -0.122. The van der Waals surface area contributed by atoms with Gasteiger partial charge in [0.15, 0.2) is 0 Å². The molecule has 4 heteroatoms. The van der Waals surface area contributed by atoms with E-state index in [2.05, 4.69) is 12.2 Å². The van der Waals surface area contributed by atoms with Crippen molar-refractivity contribution >= 4 is 5.91 Å². The molecule has 0 bridgehead atoms. The molecule has 1 aromatic carbocycles. The van der Waals surface area contributed by atoms with Gasteiger partial charge in [-0.3, -0.25) is 4.79 Å². The van der Waals surface area contributed by atoms with Crippen LogP contribution in [0.3, 0.4) is 0 Å². The van der Waals surface area contributed by atoms with Crippen molar-refractivity contribution in [3.05, 3.63) is 29.8 Å². The highest BCUT2D eigenvalue weighted by Crippen LogP contribution is 2.31. The van der Waals surface area contributed by atoms with Crippen LogP contribution in [-0.2, 0) is 4.79 Å². The molecule has 2 atom stereocenters. The van der Waals surface area contributed by atoms with Gasteiger partial charge in [-0.1, -0.05) is 25.1 Å². The Bertz CT molecular complexity index is 420. The van der Waals surface area contributed by atoms with Crippen molar-refractivity contribution in [1.82, 2.24) is 5.32 Å². The zero-order chi connectivity index (χ0) is 13.0. The van der Waals surface area contributed by atoms with E-state index in [4.69, 9.17) is 10.5 Å². The van der Waals surface area contributed by atoms with Crippen LogP contribution in [0.25, 0.3) is 0 Å². The third-order valence-electron chi connectivity index (χ3n) is 3.30. The minimum absolute atomic E-state index is 0.0121. The number of amides is 1. The first-order valence-electron chi connectivity index (χ1n) is 6.42. The molecular formula is C14H20N2O2. The molecule has 0 fully saturated rings. The SMILES string of the molecule is CC(CN)CCC(=O)NC1COc2ccccc21. The number of carbonyl (C=O) groups excluding carboxylic acids is 1. The normalized spacial score (nSPS) is 18.9. The van der Waals surface area contributed by atoms with E-state index < -0.39 is 0 Å². The number of para-hydroxylation sites is 1. The van der Waals surface area contributed by atoms with E-state index in [1.165, 1.54) is 0 Å². The number of nitrogens with two attached hydrogens (primary N) is 1. The number of hydrogen-bond donors (Lipinski definition) is 2. The van der Waals surface area contributed by atoms with Crippen LogP contribution < -0.4 is 15.8 Å². The Labute approximate surface area is 108 Å². The Morgan fingerprint density at radius 3 is 3.11 bits per heavy atom. The van der Waals surface area contributed by atoms with Gasteiger partial charge in [-0.25, -0.2) is 0 Å². The van der Waals surface area contributed by atoms with Crippen LogP contribution in [0.1, 0.15) is 31.4 Å². The van der Waals surface area contributed by atoms with Gasteiger partial charge in [-0.15, -0.1) is 0 Å². The second-order valence-corrected chi connectivity index (χ2v) is 4.85. The Hall–Kier alpha value is -1.55. The van der Waals surface area contributed by atoms with Crippen LogP contribution in [0, 0.1) is 5.92 Å². The first-order chi connectivity index (χ1) is 8.70. The van der Waals surface area contributed by atoms with Gasteiger partial charge >= 0.3 is 0 Å². The highest BCUT2D eigenvalue weighted by molar-refractivity contribution is 5.76. The highest BCUT2D eigenvalue weighted by atomic mass is 16.5. The first-order valence-corrected chi connectivity index (χ1v) is 6.42. The number of ether oxygens (including phenoxy) is 1. The molecule has 0 saturated carbocycles. The zero-order valence-corrected chi connectivity index (χ0v) is 10.7. The molecule has 2 unspecified atom stereocenters. The van der Waals surface area contributed by atoms with Gasteiger partial charge in [0, 0.05) is 12.0 Å². The standard InChI is InChI=1S/C14H20N2O2/c1-10(8-15)6-7-14(17)16-12-9-18-13-5-3-2-4-11(12)13/h2-5,10,12H,6-9,15H2,1H3,(H,16,17). The van der Waals surface area contributed by atoms with Gasteiger partial charge < -0.3 is 15.8 Å². The van der Waals surface area contributed by atoms with Crippen molar-refractivity contribution in [2.24, 2.45) is 11.7 Å². The number of fused-ring (bicyclic) bond motifs is 1. The number of nitrogens with one attached hydrogen (secondary N) is 1. The summed E-state index contributed by atoms with van der Waals surface area (Å²) < 4.78 is 5.52. The molecule has 0 saturated heterocycles. The Morgan fingerprint density at radius 1 is 1.56 bits per heavy atom. The number of carbonyl (C=O) groups is 1. The van der Waals surface area contributed by atoms with Crippen LogP contribution in [-0.4, -0.2) is 19.1 Å². The van der Waals surface area contributed by atoms with Crippen molar-refractivity contribution in [3.63, 3.8) is 0 Å². The first kappa shape index (κ1) is 12.9. The lowest BCUT2D eigenvalue weighted by atomic mass is 10.0. The summed E-state index contributed by atoms with van der Waals surface area (Å²) in [5.41, 5.74) is 6.60. The molecule has 0 aliphatic carbocycles. The van der Waals surface area contributed by atoms with Crippen molar-refractivity contribution in [3.8, 4) is 5.75 Å². The van der Waals surface area contributed by atoms with Gasteiger partial charge in [-0.05, 0) is 24.9 Å². The highest BCUT2D eigenvalue weighted by Gasteiger charge is 2.24. The fraction of sp³-hybridized carbons (Fsp3) is 0.500. The average molecular weight is 248 g/mol. The van der Waals surface area contributed by atoms with E-state index in [0.717, 1.165) is 17.7 Å². The van der Waals surface area contributed by atoms with E-state index in [0.29, 0.717) is 25.5 Å². The molecule has 1 aliphatic heterocycles. The molecule has 1 aromatic rings. The topological polar surface area (TPSA) is 64.4 Å². The quantitative estimate of drug-likeness (QED) is 0.832. The van der Waals surface area contributed by atoms with E-state index in [9.17, 15) is 4.79 Å². The van der Waals surface area contributed by atoms with Crippen LogP contribution in [0.2, 0.25) is 0 Å². The molecule has 2 rings (SSSR count). The fourth-order valence-electron chi connectivity index (χ4n) is 2.04. The van der Waals surface area contributed by atoms with E-state index in [1.807, 2.05) is 24.3 Å². The van der Waals surface area contributed by atoms with Gasteiger partial charge in [0.2, 0.25) is 5.91 Å². The number of benzene rings is 1. The molecular weight excluding hydrogens is 228 g/mol. The van der Waals surface area contributed by atoms with E-state index in [1.54, 1.807) is 0 Å². The Kier molecular flexibility index (Phi) is 4.20. The van der Waals surface area contributed by atoms with E-state index in [-0.39, 0.29) is 11.9 Å². The van der Waals surface area contributed by atoms with Gasteiger partial charge in [0.05, 0.1) is 6.04 Å². The molecule has 1 amide bonds. The maximum Gasteiger partial charge on any atom is 0.220 e. The van der Waals surface area contributed by atoms with Gasteiger partial charge in [0.25, 0.3) is 0 Å². The summed E-state index contributed by atoms with van der Waals surface area (Å²) in [6.45, 7) is 3.21. The maximum atomic E-state index is 11.8. The molecule has 0 radical (unpaired) electrons. The predicted molar refractivity (Wildman–Crippen MR) is 70.3 cm³/mol. The van der Waals surface area contributed by atoms with Crippen LogP contribution in [0.15, 0.2) is 24.3 Å². The summed E-state index contributed by atoms with van der Waals surface area (Å²) in [5.74, 6) is 1.33. The third-order valence-corrected chi connectivity index (χ3v) is 3.30. The second kappa shape index (κ2) is 5.87. The minimum Gasteiger partial charge on any atom is -0.491 e. The molecule has 4 nitrogen and oxygen atoms in total. The summed E-state index contributed by atoms with van der Waals surface area (Å²) in [5, 5.41) is 3.01. The predicted octanol–water partition coefficient (Wildman–Crippen LogP) is 1.61. The molecule has 3 N–H and O–H groups in total. The molecule has 18 heavy (non-hydrogen) atoms. The van der Waals surface area contributed by atoms with Crippen LogP contribution in [0.5, 0.6) is 5.75 Å². The summed E-state index contributed by atoms with van der Waals surface area (Å²) in [7, 11) is 0. The Balaban J connectivity index is 1.86. The average Bonchev–Trinajstić information content (AvgIpc) is 2.79. The second-order valence-electron chi connectivity index (χ2n) is 4.85. The van der Waals surface area contributed by atoms with Crippen LogP contribution in [0.4, 0.5) is 0 Å². The fourth-order valence-corrected chi connectivity index (χ4v) is 2.04. The minimum atomic E-state index is -0.0121. The largest absolute Gasteiger partial charge is 0.491 e. The summed E-state index contributed by atoms with van der Waals surface area (Å²) >= 11 is 0. The van der Waals surface area contributed by atoms with Crippen LogP contribution >= 0.6 is 0 Å². The molecule has 0 aromatic heterocycles.